The van der Waals surface area contributed by atoms with Crippen molar-refractivity contribution in [2.24, 2.45) is 0 Å². The molecular formula is C9H8BClN2O3. The minimum atomic E-state index is -1.64. The number of carbonyl (C=O) groups is 1. The van der Waals surface area contributed by atoms with Crippen LogP contribution in [0, 0.1) is 11.3 Å². The summed E-state index contributed by atoms with van der Waals surface area (Å²) >= 11 is 5.78. The zero-order valence-electron chi connectivity index (χ0n) is 8.14. The van der Waals surface area contributed by atoms with Crippen molar-refractivity contribution in [2.75, 3.05) is 5.32 Å². The molecule has 0 atom stereocenters. The van der Waals surface area contributed by atoms with Crippen LogP contribution in [-0.2, 0) is 4.79 Å². The molecule has 3 N–H and O–H groups in total. The number of nitrogens with zero attached hydrogens (tertiary/aromatic N) is 1. The molecule has 5 nitrogen and oxygen atoms in total. The van der Waals surface area contributed by atoms with Crippen LogP contribution in [0.3, 0.4) is 0 Å². The highest BCUT2D eigenvalue weighted by Gasteiger charge is 2.13. The Bertz CT molecular complexity index is 445. The summed E-state index contributed by atoms with van der Waals surface area (Å²) in [6.07, 6.45) is -0.289. The number of hydrogen-bond acceptors (Lipinski definition) is 4. The number of anilines is 1. The highest BCUT2D eigenvalue weighted by molar-refractivity contribution is 6.59. The molecule has 1 aromatic carbocycles. The maximum atomic E-state index is 11.1. The molecule has 82 valence electrons. The summed E-state index contributed by atoms with van der Waals surface area (Å²) in [7, 11) is -1.64. The van der Waals surface area contributed by atoms with E-state index in [2.05, 4.69) is 5.32 Å². The summed E-state index contributed by atoms with van der Waals surface area (Å²) in [4.78, 5) is 11.1. The molecule has 0 spiro atoms. The van der Waals surface area contributed by atoms with Gasteiger partial charge in [-0.05, 0) is 17.6 Å². The third-order valence-electron chi connectivity index (χ3n) is 1.80. The summed E-state index contributed by atoms with van der Waals surface area (Å²) in [5, 5.41) is 28.8. The summed E-state index contributed by atoms with van der Waals surface area (Å²) in [6, 6.07) is 5.88. The number of nitrogens with one attached hydrogen (secondary N) is 1. The molecule has 0 bridgehead atoms. The average Bonchev–Trinajstić information content (AvgIpc) is 2.21. The van der Waals surface area contributed by atoms with Crippen molar-refractivity contribution in [2.45, 2.75) is 6.42 Å². The van der Waals surface area contributed by atoms with Crippen LogP contribution >= 0.6 is 11.6 Å². The van der Waals surface area contributed by atoms with Gasteiger partial charge in [0.15, 0.2) is 0 Å². The van der Waals surface area contributed by atoms with Gasteiger partial charge in [0, 0.05) is 0 Å². The Balaban J connectivity index is 2.91. The summed E-state index contributed by atoms with van der Waals surface area (Å²) in [5.74, 6) is -0.506. The van der Waals surface area contributed by atoms with Crippen molar-refractivity contribution in [1.29, 1.82) is 5.26 Å². The number of benzene rings is 1. The molecule has 0 aliphatic heterocycles. The molecule has 0 aliphatic carbocycles. The Morgan fingerprint density at radius 3 is 2.81 bits per heavy atom. The fourth-order valence-corrected chi connectivity index (χ4v) is 1.23. The molecule has 0 saturated heterocycles. The number of rotatable bonds is 3. The number of carbonyl (C=O) groups excluding carboxylic acids is 1. The van der Waals surface area contributed by atoms with E-state index in [-0.39, 0.29) is 22.6 Å². The topological polar surface area (TPSA) is 93.4 Å². The molecule has 1 rings (SSSR count). The van der Waals surface area contributed by atoms with Gasteiger partial charge in [0.2, 0.25) is 5.91 Å². The largest absolute Gasteiger partial charge is 0.488 e. The van der Waals surface area contributed by atoms with Gasteiger partial charge in [-0.15, -0.1) is 0 Å². The number of hydrogen-bond donors (Lipinski definition) is 3. The lowest BCUT2D eigenvalue weighted by Crippen LogP contribution is -2.30. The molecular weight excluding hydrogens is 230 g/mol. The van der Waals surface area contributed by atoms with Crippen LogP contribution in [0.4, 0.5) is 5.69 Å². The summed E-state index contributed by atoms with van der Waals surface area (Å²) in [5.41, 5.74) is 0.448. The molecule has 0 aliphatic rings. The van der Waals surface area contributed by atoms with Crippen molar-refractivity contribution in [3.8, 4) is 6.07 Å². The molecule has 0 aromatic heterocycles. The Labute approximate surface area is 97.4 Å². The van der Waals surface area contributed by atoms with Gasteiger partial charge in [0.25, 0.3) is 0 Å². The lowest BCUT2D eigenvalue weighted by molar-refractivity contribution is -0.115. The van der Waals surface area contributed by atoms with Gasteiger partial charge in [-0.2, -0.15) is 5.26 Å². The van der Waals surface area contributed by atoms with Gasteiger partial charge in [-0.3, -0.25) is 4.79 Å². The minimum absolute atomic E-state index is 0.205. The van der Waals surface area contributed by atoms with Gasteiger partial charge in [0.1, 0.15) is 6.42 Å². The Kier molecular flexibility index (Phi) is 4.32. The first-order valence-corrected chi connectivity index (χ1v) is 4.74. The molecule has 0 fully saturated rings. The normalized spacial score (nSPS) is 9.38. The zero-order valence-corrected chi connectivity index (χ0v) is 8.90. The molecule has 0 radical (unpaired) electrons. The Morgan fingerprint density at radius 2 is 2.25 bits per heavy atom. The first kappa shape index (κ1) is 12.5. The quantitative estimate of drug-likeness (QED) is 0.640. The number of amides is 1. The zero-order chi connectivity index (χ0) is 12.1. The van der Waals surface area contributed by atoms with Crippen LogP contribution in [0.2, 0.25) is 5.02 Å². The van der Waals surface area contributed by atoms with Gasteiger partial charge < -0.3 is 15.4 Å². The van der Waals surface area contributed by atoms with Crippen LogP contribution in [0.5, 0.6) is 0 Å². The van der Waals surface area contributed by atoms with Crippen molar-refractivity contribution in [1.82, 2.24) is 0 Å². The van der Waals surface area contributed by atoms with E-state index in [4.69, 9.17) is 26.9 Å². The average molecular weight is 238 g/mol. The van der Waals surface area contributed by atoms with Crippen LogP contribution in [0.1, 0.15) is 6.42 Å². The minimum Gasteiger partial charge on any atom is -0.423 e. The maximum Gasteiger partial charge on any atom is 0.488 e. The Morgan fingerprint density at radius 1 is 1.56 bits per heavy atom. The predicted molar refractivity (Wildman–Crippen MR) is 60.1 cm³/mol. The van der Waals surface area contributed by atoms with Gasteiger partial charge in [-0.1, -0.05) is 17.7 Å². The van der Waals surface area contributed by atoms with Crippen molar-refractivity contribution in [3.63, 3.8) is 0 Å². The van der Waals surface area contributed by atoms with E-state index in [0.29, 0.717) is 0 Å². The highest BCUT2D eigenvalue weighted by Crippen LogP contribution is 2.19. The molecule has 0 saturated carbocycles. The third-order valence-corrected chi connectivity index (χ3v) is 2.13. The Hall–Kier alpha value is -1.55. The summed E-state index contributed by atoms with van der Waals surface area (Å²) in [6.45, 7) is 0. The van der Waals surface area contributed by atoms with E-state index in [1.165, 1.54) is 18.2 Å². The van der Waals surface area contributed by atoms with E-state index in [0.717, 1.165) is 0 Å². The van der Waals surface area contributed by atoms with Crippen LogP contribution in [-0.4, -0.2) is 23.1 Å². The maximum absolute atomic E-state index is 11.1. The lowest BCUT2D eigenvalue weighted by Gasteiger charge is -2.07. The molecule has 7 heteroatoms. The van der Waals surface area contributed by atoms with Crippen molar-refractivity contribution in [3.05, 3.63) is 23.2 Å². The van der Waals surface area contributed by atoms with E-state index < -0.39 is 13.0 Å². The lowest BCUT2D eigenvalue weighted by atomic mass is 9.80. The number of halogens is 1. The van der Waals surface area contributed by atoms with E-state index >= 15 is 0 Å². The second-order valence-corrected chi connectivity index (χ2v) is 3.40. The van der Waals surface area contributed by atoms with Gasteiger partial charge in [0.05, 0.1) is 16.8 Å². The summed E-state index contributed by atoms with van der Waals surface area (Å²) < 4.78 is 0. The third kappa shape index (κ3) is 3.24. The second kappa shape index (κ2) is 5.51. The monoisotopic (exact) mass is 238 g/mol. The smallest absolute Gasteiger partial charge is 0.423 e. The number of nitriles is 1. The van der Waals surface area contributed by atoms with Crippen LogP contribution < -0.4 is 10.8 Å². The second-order valence-electron chi connectivity index (χ2n) is 3.00. The predicted octanol–water partition coefficient (Wildman–Crippen LogP) is -0.128. The van der Waals surface area contributed by atoms with E-state index in [1.54, 1.807) is 6.07 Å². The van der Waals surface area contributed by atoms with Gasteiger partial charge in [-0.25, -0.2) is 0 Å². The first-order valence-electron chi connectivity index (χ1n) is 4.37. The molecule has 1 amide bonds. The van der Waals surface area contributed by atoms with Crippen molar-refractivity contribution >= 4 is 35.8 Å². The van der Waals surface area contributed by atoms with E-state index in [9.17, 15) is 4.79 Å². The fourth-order valence-electron chi connectivity index (χ4n) is 1.07. The standard InChI is InChI=1S/C9H8BClN2O3/c11-7-2-1-6(10(15)16)5-8(7)13-9(14)3-4-12/h1-2,5,15-16H,3H2,(H,13,14). The molecule has 1 aromatic rings. The first-order chi connectivity index (χ1) is 7.54. The van der Waals surface area contributed by atoms with Gasteiger partial charge >= 0.3 is 7.12 Å². The fraction of sp³-hybridized carbons (Fsp3) is 0.111. The molecule has 16 heavy (non-hydrogen) atoms. The highest BCUT2D eigenvalue weighted by atomic mass is 35.5. The van der Waals surface area contributed by atoms with Crippen LogP contribution in [0.15, 0.2) is 18.2 Å². The van der Waals surface area contributed by atoms with E-state index in [1.807, 2.05) is 0 Å². The molecule has 0 unspecified atom stereocenters. The van der Waals surface area contributed by atoms with Crippen molar-refractivity contribution < 1.29 is 14.8 Å². The van der Waals surface area contributed by atoms with Crippen LogP contribution in [0.25, 0.3) is 0 Å². The molecule has 0 heterocycles. The SMILES string of the molecule is N#CCC(=O)Nc1cc(B(O)O)ccc1Cl.